The van der Waals surface area contributed by atoms with Crippen LogP contribution in [0.3, 0.4) is 0 Å². The summed E-state index contributed by atoms with van der Waals surface area (Å²) in [6.45, 7) is 0.557. The van der Waals surface area contributed by atoms with Crippen molar-refractivity contribution in [2.24, 2.45) is 0 Å². The topological polar surface area (TPSA) is 49.4 Å². The van der Waals surface area contributed by atoms with Gasteiger partial charge in [0, 0.05) is 23.9 Å². The molecule has 0 spiro atoms. The number of benzene rings is 3. The van der Waals surface area contributed by atoms with Crippen molar-refractivity contribution < 1.29 is 9.59 Å². The van der Waals surface area contributed by atoms with Crippen LogP contribution in [0.4, 0.5) is 5.69 Å². The highest BCUT2D eigenvalue weighted by Gasteiger charge is 2.29. The van der Waals surface area contributed by atoms with E-state index in [2.05, 4.69) is 23.5 Å². The smallest absolute Gasteiger partial charge is 0.258 e. The summed E-state index contributed by atoms with van der Waals surface area (Å²) in [4.78, 5) is 27.2. The highest BCUT2D eigenvalue weighted by Crippen LogP contribution is 2.37. The monoisotopic (exact) mass is 384 g/mol. The van der Waals surface area contributed by atoms with Crippen molar-refractivity contribution in [2.45, 2.75) is 38.1 Å². The van der Waals surface area contributed by atoms with Crippen molar-refractivity contribution in [3.05, 3.63) is 77.4 Å². The minimum Gasteiger partial charge on any atom is -0.349 e. The van der Waals surface area contributed by atoms with Gasteiger partial charge in [-0.05, 0) is 54.3 Å². The van der Waals surface area contributed by atoms with Crippen molar-refractivity contribution in [2.75, 3.05) is 11.4 Å². The summed E-state index contributed by atoms with van der Waals surface area (Å²) in [5.74, 6) is 0.104. The van der Waals surface area contributed by atoms with Crippen LogP contribution < -0.4 is 10.2 Å². The van der Waals surface area contributed by atoms with Gasteiger partial charge in [0.2, 0.25) is 5.91 Å². The SMILES string of the molecule is O=C(CCCN1C(=O)c2cccc3cccc1c23)N[C@@H]1CCCc2ccccc21. The number of aryl methyl sites for hydroxylation is 1. The Morgan fingerprint density at radius 1 is 1.03 bits per heavy atom. The molecule has 4 heteroatoms. The molecular weight excluding hydrogens is 360 g/mol. The van der Waals surface area contributed by atoms with Crippen LogP contribution >= 0.6 is 0 Å². The Morgan fingerprint density at radius 3 is 2.76 bits per heavy atom. The Morgan fingerprint density at radius 2 is 1.86 bits per heavy atom. The molecule has 1 atom stereocenters. The number of carbonyl (C=O) groups is 2. The van der Waals surface area contributed by atoms with E-state index in [9.17, 15) is 9.59 Å². The van der Waals surface area contributed by atoms with Gasteiger partial charge in [0.05, 0.1) is 11.7 Å². The van der Waals surface area contributed by atoms with Crippen molar-refractivity contribution in [1.29, 1.82) is 0 Å². The Labute approximate surface area is 170 Å². The molecule has 0 fully saturated rings. The molecule has 29 heavy (non-hydrogen) atoms. The molecule has 1 aliphatic carbocycles. The van der Waals surface area contributed by atoms with Crippen LogP contribution in [0.25, 0.3) is 10.8 Å². The number of amides is 2. The zero-order valence-corrected chi connectivity index (χ0v) is 16.4. The average Bonchev–Trinajstić information content (AvgIpc) is 3.02. The maximum atomic E-state index is 12.8. The molecule has 2 amide bonds. The molecule has 1 aliphatic heterocycles. The van der Waals surface area contributed by atoms with Crippen LogP contribution in [0, 0.1) is 0 Å². The molecule has 0 radical (unpaired) electrons. The fourth-order valence-corrected chi connectivity index (χ4v) is 4.77. The van der Waals surface area contributed by atoms with Crippen molar-refractivity contribution in [3.8, 4) is 0 Å². The molecule has 0 unspecified atom stereocenters. The Kier molecular flexibility index (Phi) is 4.55. The first kappa shape index (κ1) is 17.9. The normalized spacial score (nSPS) is 17.4. The molecular formula is C25H24N2O2. The first-order chi connectivity index (χ1) is 14.2. The molecule has 3 aromatic carbocycles. The number of fused-ring (bicyclic) bond motifs is 1. The van der Waals surface area contributed by atoms with E-state index in [0.717, 1.165) is 41.3 Å². The van der Waals surface area contributed by atoms with Crippen LogP contribution in [0.5, 0.6) is 0 Å². The molecule has 1 heterocycles. The van der Waals surface area contributed by atoms with Gasteiger partial charge in [0.1, 0.15) is 0 Å². The van der Waals surface area contributed by atoms with Gasteiger partial charge in [-0.3, -0.25) is 9.59 Å². The highest BCUT2D eigenvalue weighted by atomic mass is 16.2. The highest BCUT2D eigenvalue weighted by molar-refractivity contribution is 6.25. The Bertz CT molecular complexity index is 1100. The van der Waals surface area contributed by atoms with Crippen LogP contribution in [-0.2, 0) is 11.2 Å². The number of carbonyl (C=O) groups excluding carboxylic acids is 2. The lowest BCUT2D eigenvalue weighted by molar-refractivity contribution is -0.122. The van der Waals surface area contributed by atoms with E-state index >= 15 is 0 Å². The zero-order valence-electron chi connectivity index (χ0n) is 16.4. The maximum Gasteiger partial charge on any atom is 0.258 e. The van der Waals surface area contributed by atoms with Gasteiger partial charge >= 0.3 is 0 Å². The number of nitrogens with one attached hydrogen (secondary N) is 1. The summed E-state index contributed by atoms with van der Waals surface area (Å²) < 4.78 is 0. The number of hydrogen-bond acceptors (Lipinski definition) is 2. The third-order valence-electron chi connectivity index (χ3n) is 6.14. The Balaban J connectivity index is 1.22. The van der Waals surface area contributed by atoms with Crippen LogP contribution in [0.1, 0.15) is 53.2 Å². The van der Waals surface area contributed by atoms with Crippen molar-refractivity contribution >= 4 is 28.3 Å². The minimum atomic E-state index is 0.0402. The molecule has 0 aromatic heterocycles. The summed E-state index contributed by atoms with van der Waals surface area (Å²) in [6, 6.07) is 20.4. The van der Waals surface area contributed by atoms with Gasteiger partial charge in [-0.2, -0.15) is 0 Å². The maximum absolute atomic E-state index is 12.8. The zero-order chi connectivity index (χ0) is 19.8. The number of hydrogen-bond donors (Lipinski definition) is 1. The van der Waals surface area contributed by atoms with Crippen LogP contribution in [0.2, 0.25) is 0 Å². The van der Waals surface area contributed by atoms with Gasteiger partial charge in [-0.1, -0.05) is 48.5 Å². The largest absolute Gasteiger partial charge is 0.349 e. The van der Waals surface area contributed by atoms with Crippen molar-refractivity contribution in [3.63, 3.8) is 0 Å². The lowest BCUT2D eigenvalue weighted by atomic mass is 9.87. The lowest BCUT2D eigenvalue weighted by Gasteiger charge is -2.26. The second-order valence-electron chi connectivity index (χ2n) is 7.95. The molecule has 4 nitrogen and oxygen atoms in total. The summed E-state index contributed by atoms with van der Waals surface area (Å²) in [6.07, 6.45) is 4.26. The second-order valence-corrected chi connectivity index (χ2v) is 7.95. The predicted octanol–water partition coefficient (Wildman–Crippen LogP) is 4.77. The summed E-state index contributed by atoms with van der Waals surface area (Å²) in [5.41, 5.74) is 4.33. The summed E-state index contributed by atoms with van der Waals surface area (Å²) >= 11 is 0. The van der Waals surface area contributed by atoms with E-state index in [1.165, 1.54) is 11.1 Å². The van der Waals surface area contributed by atoms with E-state index in [0.29, 0.717) is 19.4 Å². The van der Waals surface area contributed by atoms with E-state index in [1.807, 2.05) is 47.4 Å². The third kappa shape index (κ3) is 3.19. The van der Waals surface area contributed by atoms with Crippen LogP contribution in [0.15, 0.2) is 60.7 Å². The van der Waals surface area contributed by atoms with Gasteiger partial charge in [0.15, 0.2) is 0 Å². The summed E-state index contributed by atoms with van der Waals surface area (Å²) in [7, 11) is 0. The van der Waals surface area contributed by atoms with Gasteiger partial charge in [-0.15, -0.1) is 0 Å². The number of rotatable bonds is 5. The quantitative estimate of drug-likeness (QED) is 0.689. The molecule has 1 N–H and O–H groups in total. The Hall–Kier alpha value is -3.14. The fraction of sp³-hybridized carbons (Fsp3) is 0.280. The third-order valence-corrected chi connectivity index (χ3v) is 6.14. The average molecular weight is 384 g/mol. The molecule has 0 saturated carbocycles. The van der Waals surface area contributed by atoms with E-state index in [4.69, 9.17) is 0 Å². The molecule has 5 rings (SSSR count). The lowest BCUT2D eigenvalue weighted by Crippen LogP contribution is -2.32. The van der Waals surface area contributed by atoms with E-state index < -0.39 is 0 Å². The molecule has 0 saturated heterocycles. The number of anilines is 1. The van der Waals surface area contributed by atoms with Gasteiger partial charge in [0.25, 0.3) is 5.91 Å². The van der Waals surface area contributed by atoms with Crippen LogP contribution in [-0.4, -0.2) is 18.4 Å². The summed E-state index contributed by atoms with van der Waals surface area (Å²) in [5, 5.41) is 5.32. The van der Waals surface area contributed by atoms with Gasteiger partial charge in [-0.25, -0.2) is 0 Å². The minimum absolute atomic E-state index is 0.0402. The molecule has 2 aliphatic rings. The second kappa shape index (κ2) is 7.36. The van der Waals surface area contributed by atoms with E-state index in [1.54, 1.807) is 0 Å². The molecule has 3 aromatic rings. The molecule has 0 bridgehead atoms. The fourth-order valence-electron chi connectivity index (χ4n) is 4.77. The predicted molar refractivity (Wildman–Crippen MR) is 115 cm³/mol. The van der Waals surface area contributed by atoms with Crippen molar-refractivity contribution in [1.82, 2.24) is 5.32 Å². The van der Waals surface area contributed by atoms with Gasteiger partial charge < -0.3 is 10.2 Å². The number of nitrogens with zero attached hydrogens (tertiary/aromatic N) is 1. The van der Waals surface area contributed by atoms with E-state index in [-0.39, 0.29) is 17.9 Å². The molecule has 146 valence electrons. The first-order valence-electron chi connectivity index (χ1n) is 10.4. The standard InChI is InChI=1S/C25H24N2O2/c28-23(26-21-13-4-8-17-7-1-2-11-19(17)21)15-6-16-27-22-14-5-10-18-9-3-12-20(24(18)22)25(27)29/h1-3,5,7,9-12,14,21H,4,6,8,13,15-16H2,(H,26,28)/t21-/m1/s1. The first-order valence-corrected chi connectivity index (χ1v) is 10.4.